The molecule has 1 aliphatic rings. The Morgan fingerprint density at radius 3 is 2.38 bits per heavy atom. The predicted octanol–water partition coefficient (Wildman–Crippen LogP) is 4.86. The quantitative estimate of drug-likeness (QED) is 0.678. The summed E-state index contributed by atoms with van der Waals surface area (Å²) >= 11 is 0. The van der Waals surface area contributed by atoms with Crippen LogP contribution in [0.1, 0.15) is 64.8 Å². The number of ether oxygens (including phenoxy) is 1. The molecule has 0 radical (unpaired) electrons. The number of rotatable bonds is 5. The molecule has 2 aromatic rings. The topological polar surface area (TPSA) is 95.8 Å². The van der Waals surface area contributed by atoms with Gasteiger partial charge in [-0.1, -0.05) is 13.8 Å². The van der Waals surface area contributed by atoms with Gasteiger partial charge in [0.2, 0.25) is 5.88 Å². The number of halogens is 1. The summed E-state index contributed by atoms with van der Waals surface area (Å²) in [4.78, 5) is 22.7. The van der Waals surface area contributed by atoms with Crippen LogP contribution in [0.15, 0.2) is 18.5 Å². The van der Waals surface area contributed by atoms with Gasteiger partial charge in [-0.15, -0.1) is 0 Å². The Labute approximate surface area is 188 Å². The fourth-order valence-electron chi connectivity index (χ4n) is 3.97. The van der Waals surface area contributed by atoms with Crippen LogP contribution in [0, 0.1) is 18.2 Å². The Balaban J connectivity index is 2.25. The lowest BCUT2D eigenvalue weighted by Crippen LogP contribution is -2.39. The van der Waals surface area contributed by atoms with Crippen molar-refractivity contribution in [1.29, 1.82) is 0 Å². The number of nitrogens with zero attached hydrogens (tertiary/aromatic N) is 3. The molecule has 3 rings (SSSR count). The largest absolute Gasteiger partial charge is 0.491 e. The molecule has 32 heavy (non-hydrogen) atoms. The van der Waals surface area contributed by atoms with Gasteiger partial charge in [-0.05, 0) is 52.0 Å². The molecule has 8 heteroatoms. The molecule has 0 amide bonds. The van der Waals surface area contributed by atoms with E-state index in [1.165, 1.54) is 12.3 Å². The normalized spacial score (nSPS) is 17.3. The number of hydrogen-bond acceptors (Lipinski definition) is 6. The molecule has 0 aliphatic carbocycles. The van der Waals surface area contributed by atoms with Crippen molar-refractivity contribution in [1.82, 2.24) is 9.97 Å². The zero-order chi connectivity index (χ0) is 23.8. The Morgan fingerprint density at radius 2 is 1.84 bits per heavy atom. The highest BCUT2D eigenvalue weighted by Gasteiger charge is 2.35. The van der Waals surface area contributed by atoms with Crippen LogP contribution in [0.5, 0.6) is 5.88 Å². The summed E-state index contributed by atoms with van der Waals surface area (Å²) in [7, 11) is 0. The lowest BCUT2D eigenvalue weighted by Gasteiger charge is -2.40. The molecule has 2 N–H and O–H groups in total. The summed E-state index contributed by atoms with van der Waals surface area (Å²) in [5.41, 5.74) is 2.10. The van der Waals surface area contributed by atoms with Gasteiger partial charge >= 0.3 is 5.97 Å². The average molecular weight is 446 g/mol. The van der Waals surface area contributed by atoms with E-state index < -0.39 is 29.4 Å². The van der Waals surface area contributed by atoms with Crippen molar-refractivity contribution >= 4 is 11.7 Å². The molecule has 0 aromatic carbocycles. The maximum Gasteiger partial charge on any atom is 0.337 e. The van der Waals surface area contributed by atoms with Crippen LogP contribution < -0.4 is 4.90 Å². The maximum atomic E-state index is 14.2. The Bertz CT molecular complexity index is 1010. The van der Waals surface area contributed by atoms with Crippen molar-refractivity contribution < 1.29 is 24.1 Å². The second-order valence-corrected chi connectivity index (χ2v) is 10.1. The van der Waals surface area contributed by atoms with Crippen molar-refractivity contribution in [2.24, 2.45) is 5.41 Å². The van der Waals surface area contributed by atoms with Gasteiger partial charge in [0.05, 0.1) is 11.3 Å². The number of carboxylic acids is 1. The van der Waals surface area contributed by atoms with Crippen LogP contribution in [0.2, 0.25) is 0 Å². The molecular weight excluding hydrogens is 413 g/mol. The first-order valence-corrected chi connectivity index (χ1v) is 10.8. The number of aromatic hydroxyl groups is 1. The van der Waals surface area contributed by atoms with Gasteiger partial charge in [0.25, 0.3) is 0 Å². The fourth-order valence-corrected chi connectivity index (χ4v) is 3.97. The van der Waals surface area contributed by atoms with E-state index in [0.717, 1.165) is 12.8 Å². The van der Waals surface area contributed by atoms with Crippen molar-refractivity contribution in [3.8, 4) is 17.0 Å². The first-order valence-electron chi connectivity index (χ1n) is 10.8. The third-order valence-electron chi connectivity index (χ3n) is 5.81. The van der Waals surface area contributed by atoms with Gasteiger partial charge in [0.1, 0.15) is 0 Å². The molecular formula is C24H32FN3O4. The number of carbonyl (C=O) groups is 1. The number of aryl methyl sites for hydroxylation is 1. The molecule has 1 atom stereocenters. The third-order valence-corrected chi connectivity index (χ3v) is 5.81. The van der Waals surface area contributed by atoms with E-state index in [1.807, 2.05) is 0 Å². The van der Waals surface area contributed by atoms with Crippen LogP contribution in [-0.2, 0) is 9.53 Å². The van der Waals surface area contributed by atoms with Crippen LogP contribution in [-0.4, -0.2) is 44.8 Å². The summed E-state index contributed by atoms with van der Waals surface area (Å²) in [6.45, 7) is 13.0. The molecule has 1 unspecified atom stereocenters. The highest BCUT2D eigenvalue weighted by molar-refractivity contribution is 5.86. The first kappa shape index (κ1) is 23.9. The van der Waals surface area contributed by atoms with Gasteiger partial charge in [-0.25, -0.2) is 14.2 Å². The van der Waals surface area contributed by atoms with Gasteiger partial charge in [0.15, 0.2) is 11.9 Å². The third kappa shape index (κ3) is 5.18. The SMILES string of the molecule is Cc1ncc(-c2cnc(O)c(F)c2)c(N2CCC(C)(C)CC2)c1C(OC(C)(C)C)C(=O)O. The molecule has 1 saturated heterocycles. The number of pyridine rings is 2. The summed E-state index contributed by atoms with van der Waals surface area (Å²) < 4.78 is 20.1. The van der Waals surface area contributed by atoms with E-state index in [4.69, 9.17) is 4.74 Å². The molecule has 0 spiro atoms. The van der Waals surface area contributed by atoms with Crippen LogP contribution in [0.4, 0.5) is 10.1 Å². The number of hydrogen-bond donors (Lipinski definition) is 2. The first-order chi connectivity index (χ1) is 14.8. The van der Waals surface area contributed by atoms with Crippen molar-refractivity contribution in [3.63, 3.8) is 0 Å². The van der Waals surface area contributed by atoms with Crippen molar-refractivity contribution in [3.05, 3.63) is 35.5 Å². The number of carboxylic acid groups (broad SMARTS) is 1. The van der Waals surface area contributed by atoms with Crippen LogP contribution in [0.25, 0.3) is 11.1 Å². The van der Waals surface area contributed by atoms with Crippen molar-refractivity contribution in [2.75, 3.05) is 18.0 Å². The fraction of sp³-hybridized carbons (Fsp3) is 0.542. The summed E-state index contributed by atoms with van der Waals surface area (Å²) in [6, 6.07) is 1.19. The number of aromatic nitrogens is 2. The van der Waals surface area contributed by atoms with Crippen LogP contribution >= 0.6 is 0 Å². The van der Waals surface area contributed by atoms with Crippen LogP contribution in [0.3, 0.4) is 0 Å². The van der Waals surface area contributed by atoms with Gasteiger partial charge in [-0.3, -0.25) is 4.98 Å². The Kier molecular flexibility index (Phi) is 6.47. The van der Waals surface area contributed by atoms with E-state index in [2.05, 4.69) is 28.7 Å². The molecule has 1 fully saturated rings. The minimum absolute atomic E-state index is 0.180. The van der Waals surface area contributed by atoms with Crippen molar-refractivity contribution in [2.45, 2.75) is 66.1 Å². The molecule has 174 valence electrons. The maximum absolute atomic E-state index is 14.2. The average Bonchev–Trinajstić information content (AvgIpc) is 2.68. The van der Waals surface area contributed by atoms with E-state index in [1.54, 1.807) is 33.9 Å². The summed E-state index contributed by atoms with van der Waals surface area (Å²) in [5.74, 6) is -2.65. The molecule has 0 saturated carbocycles. The van der Waals surface area contributed by atoms with Gasteiger partial charge in [0, 0.05) is 47.9 Å². The monoisotopic (exact) mass is 445 g/mol. The lowest BCUT2D eigenvalue weighted by atomic mass is 9.82. The van der Waals surface area contributed by atoms with E-state index in [0.29, 0.717) is 41.2 Å². The predicted molar refractivity (Wildman–Crippen MR) is 120 cm³/mol. The number of piperidine rings is 1. The zero-order valence-electron chi connectivity index (χ0n) is 19.6. The minimum atomic E-state index is -1.25. The Hall–Kier alpha value is -2.74. The minimum Gasteiger partial charge on any atom is -0.491 e. The molecule has 3 heterocycles. The zero-order valence-corrected chi connectivity index (χ0v) is 19.6. The summed E-state index contributed by atoms with van der Waals surface area (Å²) in [5, 5.41) is 19.6. The lowest BCUT2D eigenvalue weighted by molar-refractivity contribution is -0.160. The standard InChI is InChI=1S/C24H32FN3O4/c1-14-18(20(22(30)31)32-23(2,3)4)19(28-9-7-24(5,6)8-10-28)16(13-26-14)15-11-17(25)21(29)27-12-15/h11-13,20H,7-10H2,1-6H3,(H,27,29)(H,30,31). The van der Waals surface area contributed by atoms with E-state index >= 15 is 0 Å². The second kappa shape index (κ2) is 8.65. The molecule has 0 bridgehead atoms. The van der Waals surface area contributed by atoms with Gasteiger partial charge in [-0.2, -0.15) is 0 Å². The number of aliphatic carboxylic acids is 1. The molecule has 7 nitrogen and oxygen atoms in total. The highest BCUT2D eigenvalue weighted by atomic mass is 19.1. The van der Waals surface area contributed by atoms with Gasteiger partial charge < -0.3 is 19.8 Å². The number of anilines is 1. The molecule has 2 aromatic heterocycles. The smallest absolute Gasteiger partial charge is 0.337 e. The van der Waals surface area contributed by atoms with E-state index in [-0.39, 0.29) is 5.41 Å². The second-order valence-electron chi connectivity index (χ2n) is 10.1. The highest BCUT2D eigenvalue weighted by Crippen LogP contribution is 2.43. The molecule has 1 aliphatic heterocycles. The Morgan fingerprint density at radius 1 is 1.22 bits per heavy atom. The summed E-state index contributed by atoms with van der Waals surface area (Å²) in [6.07, 6.45) is 3.58. The van der Waals surface area contributed by atoms with E-state index in [9.17, 15) is 19.4 Å².